The molecule has 0 aliphatic carbocycles. The Bertz CT molecular complexity index is 406. The number of amides is 1. The van der Waals surface area contributed by atoms with Crippen LogP contribution in [-0.4, -0.2) is 39.5 Å². The Morgan fingerprint density at radius 1 is 1.50 bits per heavy atom. The second-order valence-corrected chi connectivity index (χ2v) is 4.14. The fourth-order valence-corrected chi connectivity index (χ4v) is 1.61. The average Bonchev–Trinajstić information content (AvgIpc) is 2.39. The van der Waals surface area contributed by atoms with Gasteiger partial charge in [0.25, 0.3) is 5.91 Å². The topological polar surface area (TPSA) is 70.5 Å². The highest BCUT2D eigenvalue weighted by Gasteiger charge is 2.21. The van der Waals surface area contributed by atoms with Crippen molar-refractivity contribution < 1.29 is 14.7 Å². The molecule has 0 spiro atoms. The van der Waals surface area contributed by atoms with Crippen LogP contribution in [0.15, 0.2) is 24.5 Å². The number of hydrogen-bond donors (Lipinski definition) is 1. The van der Waals surface area contributed by atoms with E-state index in [0.29, 0.717) is 5.56 Å². The molecule has 0 fully saturated rings. The molecular weight excluding hydrogens is 232 g/mol. The number of carboxylic acids is 1. The maximum absolute atomic E-state index is 12.3. The van der Waals surface area contributed by atoms with Crippen molar-refractivity contribution in [3.8, 4) is 0 Å². The zero-order chi connectivity index (χ0) is 13.5. The van der Waals surface area contributed by atoms with Crippen molar-refractivity contribution >= 4 is 11.9 Å². The molecule has 1 amide bonds. The Hall–Kier alpha value is -1.91. The molecular formula is C13H18N2O3. The summed E-state index contributed by atoms with van der Waals surface area (Å²) < 4.78 is 0. The number of carbonyl (C=O) groups is 2. The molecule has 1 atom stereocenters. The van der Waals surface area contributed by atoms with Crippen molar-refractivity contribution in [1.82, 2.24) is 9.88 Å². The molecule has 0 aliphatic heterocycles. The van der Waals surface area contributed by atoms with Crippen LogP contribution in [0.3, 0.4) is 0 Å². The van der Waals surface area contributed by atoms with Crippen molar-refractivity contribution in [2.24, 2.45) is 0 Å². The highest BCUT2D eigenvalue weighted by atomic mass is 16.4. The molecule has 1 N–H and O–H groups in total. The summed E-state index contributed by atoms with van der Waals surface area (Å²) in [5.41, 5.74) is 0.489. The summed E-state index contributed by atoms with van der Waals surface area (Å²) in [6.45, 7) is 4.10. The molecule has 98 valence electrons. The van der Waals surface area contributed by atoms with Crippen LogP contribution in [0.4, 0.5) is 0 Å². The van der Waals surface area contributed by atoms with Gasteiger partial charge in [0.1, 0.15) is 0 Å². The normalized spacial score (nSPS) is 11.9. The summed E-state index contributed by atoms with van der Waals surface area (Å²) in [5, 5.41) is 8.72. The van der Waals surface area contributed by atoms with Gasteiger partial charge in [0.2, 0.25) is 0 Å². The van der Waals surface area contributed by atoms with Crippen molar-refractivity contribution in [3.05, 3.63) is 30.1 Å². The minimum absolute atomic E-state index is 0.0112. The quantitative estimate of drug-likeness (QED) is 0.835. The van der Waals surface area contributed by atoms with Crippen LogP contribution in [0, 0.1) is 0 Å². The molecule has 0 aliphatic rings. The third-order valence-electron chi connectivity index (χ3n) is 2.86. The summed E-state index contributed by atoms with van der Waals surface area (Å²) in [4.78, 5) is 28.4. The number of nitrogens with zero attached hydrogens (tertiary/aromatic N) is 2. The fraction of sp³-hybridized carbons (Fsp3) is 0.462. The van der Waals surface area contributed by atoms with Gasteiger partial charge in [0, 0.05) is 25.0 Å². The number of aromatic nitrogens is 1. The van der Waals surface area contributed by atoms with Crippen LogP contribution in [0.2, 0.25) is 0 Å². The molecule has 1 rings (SSSR count). The molecule has 0 saturated heterocycles. The molecule has 0 radical (unpaired) electrons. The Balaban J connectivity index is 2.82. The molecule has 18 heavy (non-hydrogen) atoms. The fourth-order valence-electron chi connectivity index (χ4n) is 1.61. The third kappa shape index (κ3) is 3.84. The lowest BCUT2D eigenvalue weighted by molar-refractivity contribution is -0.137. The van der Waals surface area contributed by atoms with Crippen LogP contribution >= 0.6 is 0 Å². The SMILES string of the molecule is CCC(C)N(CCC(=O)O)C(=O)c1cccnc1. The standard InChI is InChI=1S/C13H18N2O3/c1-3-10(2)15(8-6-12(16)17)13(18)11-5-4-7-14-9-11/h4-5,7,9-10H,3,6,8H2,1-2H3,(H,16,17). The van der Waals surface area contributed by atoms with Crippen LogP contribution in [-0.2, 0) is 4.79 Å². The zero-order valence-corrected chi connectivity index (χ0v) is 10.7. The Morgan fingerprint density at radius 2 is 2.22 bits per heavy atom. The zero-order valence-electron chi connectivity index (χ0n) is 10.7. The molecule has 5 nitrogen and oxygen atoms in total. The maximum Gasteiger partial charge on any atom is 0.305 e. The number of rotatable bonds is 6. The molecule has 5 heteroatoms. The average molecular weight is 250 g/mol. The molecule has 1 aromatic heterocycles. The number of carbonyl (C=O) groups excluding carboxylic acids is 1. The van der Waals surface area contributed by atoms with Crippen LogP contribution in [0.5, 0.6) is 0 Å². The van der Waals surface area contributed by atoms with Crippen LogP contribution < -0.4 is 0 Å². The first kappa shape index (κ1) is 14.2. The van der Waals surface area contributed by atoms with E-state index in [2.05, 4.69) is 4.98 Å². The second-order valence-electron chi connectivity index (χ2n) is 4.14. The van der Waals surface area contributed by atoms with E-state index in [9.17, 15) is 9.59 Å². The van der Waals surface area contributed by atoms with E-state index in [1.807, 2.05) is 13.8 Å². The first-order chi connectivity index (χ1) is 8.56. The van der Waals surface area contributed by atoms with Gasteiger partial charge >= 0.3 is 5.97 Å². The summed E-state index contributed by atoms with van der Waals surface area (Å²) in [6, 6.07) is 3.39. The smallest absolute Gasteiger partial charge is 0.305 e. The van der Waals surface area contributed by atoms with Gasteiger partial charge in [-0.1, -0.05) is 6.92 Å². The predicted octanol–water partition coefficient (Wildman–Crippen LogP) is 1.80. The van der Waals surface area contributed by atoms with Gasteiger partial charge in [-0.25, -0.2) is 0 Å². The lowest BCUT2D eigenvalue weighted by Crippen LogP contribution is -2.39. The minimum atomic E-state index is -0.901. The Kier molecular flexibility index (Phi) is 5.30. The van der Waals surface area contributed by atoms with Crippen LogP contribution in [0.1, 0.15) is 37.0 Å². The third-order valence-corrected chi connectivity index (χ3v) is 2.86. The van der Waals surface area contributed by atoms with Crippen molar-refractivity contribution in [2.75, 3.05) is 6.54 Å². The van der Waals surface area contributed by atoms with E-state index in [0.717, 1.165) is 6.42 Å². The first-order valence-electron chi connectivity index (χ1n) is 5.99. The van der Waals surface area contributed by atoms with Gasteiger partial charge in [-0.2, -0.15) is 0 Å². The van der Waals surface area contributed by atoms with Crippen molar-refractivity contribution in [1.29, 1.82) is 0 Å². The summed E-state index contributed by atoms with van der Waals surface area (Å²) in [6.07, 6.45) is 3.84. The predicted molar refractivity (Wildman–Crippen MR) is 67.3 cm³/mol. The Labute approximate surface area is 106 Å². The van der Waals surface area contributed by atoms with Gasteiger partial charge in [0.05, 0.1) is 12.0 Å². The number of aliphatic carboxylic acids is 1. The van der Waals surface area contributed by atoms with Gasteiger partial charge in [0.15, 0.2) is 0 Å². The van der Waals surface area contributed by atoms with E-state index in [-0.39, 0.29) is 24.9 Å². The van der Waals surface area contributed by atoms with Crippen LogP contribution in [0.25, 0.3) is 0 Å². The maximum atomic E-state index is 12.3. The van der Waals surface area contributed by atoms with Gasteiger partial charge in [-0.05, 0) is 25.5 Å². The molecule has 0 saturated carbocycles. The minimum Gasteiger partial charge on any atom is -0.481 e. The van der Waals surface area contributed by atoms with E-state index in [1.54, 1.807) is 23.2 Å². The number of carboxylic acid groups (broad SMARTS) is 1. The molecule has 1 aromatic rings. The lowest BCUT2D eigenvalue weighted by atomic mass is 10.1. The summed E-state index contributed by atoms with van der Waals surface area (Å²) in [5.74, 6) is -1.07. The van der Waals surface area contributed by atoms with Crippen molar-refractivity contribution in [3.63, 3.8) is 0 Å². The van der Waals surface area contributed by atoms with Gasteiger partial charge in [-0.3, -0.25) is 14.6 Å². The van der Waals surface area contributed by atoms with E-state index < -0.39 is 5.97 Å². The van der Waals surface area contributed by atoms with E-state index in [1.165, 1.54) is 6.20 Å². The largest absolute Gasteiger partial charge is 0.481 e. The van der Waals surface area contributed by atoms with Gasteiger partial charge in [-0.15, -0.1) is 0 Å². The molecule has 1 heterocycles. The number of hydrogen-bond acceptors (Lipinski definition) is 3. The monoisotopic (exact) mass is 250 g/mol. The summed E-state index contributed by atoms with van der Waals surface area (Å²) in [7, 11) is 0. The van der Waals surface area contributed by atoms with E-state index in [4.69, 9.17) is 5.11 Å². The van der Waals surface area contributed by atoms with Gasteiger partial charge < -0.3 is 10.0 Å². The lowest BCUT2D eigenvalue weighted by Gasteiger charge is -2.28. The molecule has 1 unspecified atom stereocenters. The molecule has 0 bridgehead atoms. The first-order valence-corrected chi connectivity index (χ1v) is 5.99. The molecule has 0 aromatic carbocycles. The Morgan fingerprint density at radius 3 is 2.72 bits per heavy atom. The van der Waals surface area contributed by atoms with E-state index >= 15 is 0 Å². The van der Waals surface area contributed by atoms with Crippen molar-refractivity contribution in [2.45, 2.75) is 32.7 Å². The highest BCUT2D eigenvalue weighted by molar-refractivity contribution is 5.94. The summed E-state index contributed by atoms with van der Waals surface area (Å²) >= 11 is 0. The highest BCUT2D eigenvalue weighted by Crippen LogP contribution is 2.10. The number of pyridine rings is 1. The second kappa shape index (κ2) is 6.74.